The van der Waals surface area contributed by atoms with E-state index in [2.05, 4.69) is 193 Å². The summed E-state index contributed by atoms with van der Waals surface area (Å²) < 4.78 is 2.57. The van der Waals surface area contributed by atoms with Crippen molar-refractivity contribution in [1.29, 1.82) is 0 Å². The Kier molecular flexibility index (Phi) is 8.12. The van der Waals surface area contributed by atoms with Gasteiger partial charge in [0.15, 0.2) is 17.5 Å². The van der Waals surface area contributed by atoms with Gasteiger partial charge in [0.1, 0.15) is 0 Å². The van der Waals surface area contributed by atoms with E-state index in [1.807, 2.05) is 18.2 Å². The Morgan fingerprint density at radius 2 is 0.894 bits per heavy atom. The third kappa shape index (κ3) is 5.42. The van der Waals surface area contributed by atoms with Crippen molar-refractivity contribution in [1.82, 2.24) is 19.5 Å². The molecule has 9 aromatic carbocycles. The number of benzene rings is 9. The molecule has 0 bridgehead atoms. The number of hydrogen-bond donors (Lipinski definition) is 0. The number of hydrogen-bond acceptors (Lipinski definition) is 3. The lowest BCUT2D eigenvalue weighted by molar-refractivity contribution is 0.550. The summed E-state index contributed by atoms with van der Waals surface area (Å²) in [5.41, 5.74) is 22.1. The first-order chi connectivity index (χ1) is 32.7. The Bertz CT molecular complexity index is 3730. The summed E-state index contributed by atoms with van der Waals surface area (Å²) in [6.45, 7) is 0. The van der Waals surface area contributed by atoms with E-state index in [9.17, 15) is 0 Å². The first-order valence-electron chi connectivity index (χ1n) is 23.2. The second kappa shape index (κ2) is 14.4. The minimum absolute atomic E-state index is 0.0403. The molecule has 1 spiro atoms. The molecule has 1 fully saturated rings. The van der Waals surface area contributed by atoms with Crippen LogP contribution in [0.15, 0.2) is 206 Å². The van der Waals surface area contributed by atoms with Gasteiger partial charge in [0.05, 0.1) is 16.7 Å². The summed E-state index contributed by atoms with van der Waals surface area (Å²) in [4.78, 5) is 15.7. The van der Waals surface area contributed by atoms with Crippen LogP contribution in [0.1, 0.15) is 36.8 Å². The molecule has 0 unspecified atom stereocenters. The van der Waals surface area contributed by atoms with Crippen LogP contribution in [-0.4, -0.2) is 19.5 Å². The molecule has 3 heterocycles. The van der Waals surface area contributed by atoms with Crippen LogP contribution < -0.4 is 0 Å². The highest BCUT2D eigenvalue weighted by atomic mass is 15.0. The number of fused-ring (bicyclic) bond motifs is 8. The maximum Gasteiger partial charge on any atom is 0.164 e. The van der Waals surface area contributed by atoms with Crippen LogP contribution in [0.2, 0.25) is 0 Å². The molecule has 2 aliphatic carbocycles. The van der Waals surface area contributed by atoms with Gasteiger partial charge in [-0.1, -0.05) is 195 Å². The molecule has 310 valence electrons. The Morgan fingerprint density at radius 1 is 0.348 bits per heavy atom. The highest BCUT2D eigenvalue weighted by molar-refractivity contribution is 6.20. The number of aromatic nitrogens is 4. The van der Waals surface area contributed by atoms with E-state index < -0.39 is 0 Å². The molecule has 0 atom stereocenters. The average molecular weight is 843 g/mol. The zero-order valence-corrected chi connectivity index (χ0v) is 36.2. The predicted octanol–water partition coefficient (Wildman–Crippen LogP) is 15.8. The average Bonchev–Trinajstić information content (AvgIpc) is 4.07. The second-order valence-corrected chi connectivity index (χ2v) is 18.2. The van der Waals surface area contributed by atoms with Crippen LogP contribution >= 0.6 is 0 Å². The molecule has 66 heavy (non-hydrogen) atoms. The molecule has 0 N–H and O–H groups in total. The first kappa shape index (κ1) is 37.2. The largest absolute Gasteiger partial charge is 0.308 e. The van der Waals surface area contributed by atoms with Gasteiger partial charge in [-0.25, -0.2) is 15.0 Å². The quantitative estimate of drug-likeness (QED) is 0.167. The zero-order chi connectivity index (χ0) is 43.3. The summed E-state index contributed by atoms with van der Waals surface area (Å²) in [6.07, 6.45) is 4.90. The van der Waals surface area contributed by atoms with Crippen molar-refractivity contribution in [2.45, 2.75) is 31.1 Å². The van der Waals surface area contributed by atoms with Crippen LogP contribution in [0.4, 0.5) is 0 Å². The third-order valence-corrected chi connectivity index (χ3v) is 14.8. The van der Waals surface area contributed by atoms with Gasteiger partial charge in [-0.05, 0) is 92.7 Å². The smallest absolute Gasteiger partial charge is 0.164 e. The van der Waals surface area contributed by atoms with Crippen molar-refractivity contribution in [2.24, 2.45) is 0 Å². The fourth-order valence-electron chi connectivity index (χ4n) is 11.8. The van der Waals surface area contributed by atoms with Gasteiger partial charge in [-0.2, -0.15) is 0 Å². The minimum atomic E-state index is 0.0403. The Hall–Kier alpha value is -8.21. The summed E-state index contributed by atoms with van der Waals surface area (Å²) in [6, 6.07) is 74.8. The number of rotatable bonds is 6. The molecule has 4 heteroatoms. The summed E-state index contributed by atoms with van der Waals surface area (Å²) >= 11 is 0. The molecule has 1 saturated carbocycles. The van der Waals surface area contributed by atoms with E-state index in [1.165, 1.54) is 97.7 Å². The third-order valence-electron chi connectivity index (χ3n) is 14.8. The number of para-hydroxylation sites is 2. The van der Waals surface area contributed by atoms with Crippen LogP contribution in [0.3, 0.4) is 0 Å². The van der Waals surface area contributed by atoms with Crippen molar-refractivity contribution in [3.63, 3.8) is 0 Å². The van der Waals surface area contributed by atoms with Crippen LogP contribution in [0.5, 0.6) is 0 Å². The monoisotopic (exact) mass is 842 g/mol. The second-order valence-electron chi connectivity index (χ2n) is 18.2. The molecular formula is C62H42N4. The lowest BCUT2D eigenvalue weighted by atomic mass is 9.75. The zero-order valence-electron chi connectivity index (χ0n) is 36.2. The Morgan fingerprint density at radius 3 is 1.65 bits per heavy atom. The van der Waals surface area contributed by atoms with Crippen molar-refractivity contribution >= 4 is 21.8 Å². The molecule has 11 aromatic rings. The van der Waals surface area contributed by atoms with E-state index in [-0.39, 0.29) is 5.41 Å². The van der Waals surface area contributed by atoms with Gasteiger partial charge in [0.25, 0.3) is 0 Å². The SMILES string of the molecule is c1ccc(-c2ccc(-c3nc(-c4ccccc4)nc(-c4ccc(-c5ccc6c7c5-c5ccccc5-n5c8ccccc8c8ccc(c-7c85)C65CCCC5)cc4)n3)c(-c3ccccc3)c2)cc1. The lowest BCUT2D eigenvalue weighted by Crippen LogP contribution is -2.20. The summed E-state index contributed by atoms with van der Waals surface area (Å²) in [5, 5.41) is 2.64. The topological polar surface area (TPSA) is 43.6 Å². The van der Waals surface area contributed by atoms with Gasteiger partial charge in [0, 0.05) is 44.0 Å². The maximum atomic E-state index is 5.30. The highest BCUT2D eigenvalue weighted by Gasteiger charge is 2.48. The lowest BCUT2D eigenvalue weighted by Gasteiger charge is -2.28. The van der Waals surface area contributed by atoms with E-state index in [1.54, 1.807) is 0 Å². The molecule has 3 aliphatic rings. The molecule has 14 rings (SSSR count). The molecule has 0 saturated heterocycles. The van der Waals surface area contributed by atoms with Crippen molar-refractivity contribution < 1.29 is 0 Å². The molecule has 1 aliphatic heterocycles. The molecule has 4 nitrogen and oxygen atoms in total. The Labute approximate surface area is 383 Å². The minimum Gasteiger partial charge on any atom is -0.308 e. The normalized spacial score (nSPS) is 13.9. The summed E-state index contributed by atoms with van der Waals surface area (Å²) in [7, 11) is 0. The van der Waals surface area contributed by atoms with E-state index in [4.69, 9.17) is 15.0 Å². The van der Waals surface area contributed by atoms with Gasteiger partial charge >= 0.3 is 0 Å². The van der Waals surface area contributed by atoms with E-state index in [0.717, 1.165) is 38.9 Å². The van der Waals surface area contributed by atoms with E-state index in [0.29, 0.717) is 17.5 Å². The highest BCUT2D eigenvalue weighted by Crippen LogP contribution is 2.63. The molecule has 0 amide bonds. The fourth-order valence-corrected chi connectivity index (χ4v) is 11.8. The van der Waals surface area contributed by atoms with Crippen LogP contribution in [-0.2, 0) is 5.41 Å². The maximum absolute atomic E-state index is 5.30. The van der Waals surface area contributed by atoms with Gasteiger partial charge in [-0.3, -0.25) is 0 Å². The Balaban J connectivity index is 0.951. The van der Waals surface area contributed by atoms with E-state index >= 15 is 0 Å². The van der Waals surface area contributed by atoms with Crippen LogP contribution in [0, 0.1) is 0 Å². The van der Waals surface area contributed by atoms with Crippen molar-refractivity contribution in [2.75, 3.05) is 0 Å². The van der Waals surface area contributed by atoms with Gasteiger partial charge in [-0.15, -0.1) is 0 Å². The van der Waals surface area contributed by atoms with Crippen molar-refractivity contribution in [3.8, 4) is 95.5 Å². The van der Waals surface area contributed by atoms with Gasteiger partial charge in [0.2, 0.25) is 0 Å². The van der Waals surface area contributed by atoms with Crippen molar-refractivity contribution in [3.05, 3.63) is 217 Å². The first-order valence-corrected chi connectivity index (χ1v) is 23.2. The summed E-state index contributed by atoms with van der Waals surface area (Å²) in [5.74, 6) is 1.92. The fraction of sp³-hybridized carbons (Fsp3) is 0.0806. The van der Waals surface area contributed by atoms with Gasteiger partial charge < -0.3 is 4.57 Å². The number of nitrogens with zero attached hydrogens (tertiary/aromatic N) is 4. The predicted molar refractivity (Wildman–Crippen MR) is 270 cm³/mol. The molecule has 2 aromatic heterocycles. The standard InChI is InChI=1S/C62H42N4/c1-4-16-39(17-5-1)44-30-31-48(50(38-44)40-18-6-2-7-19-40)61-64-59(42-20-8-3-9-21-42)63-60(65-61)43-28-26-41(27-29-43)45-32-34-51-56-55(45)49-23-11-13-25-54(49)66-53-24-12-10-22-46(53)47-33-35-52(57(56)58(47)66)62(51)36-14-15-37-62/h1-13,16-35,38H,14-15,36-37H2. The molecule has 0 radical (unpaired) electrons. The van der Waals surface area contributed by atoms with Crippen LogP contribution in [0.25, 0.3) is 117 Å². The molecular weight excluding hydrogens is 801 g/mol.